The molecule has 1 rings (SSSR count). The molecule has 14 heavy (non-hydrogen) atoms. The first-order valence-corrected chi connectivity index (χ1v) is 4.98. The molecule has 0 atom stereocenters. The molecule has 0 unspecified atom stereocenters. The van der Waals surface area contributed by atoms with Gasteiger partial charge in [0.05, 0.1) is 0 Å². The molecule has 5 heteroatoms. The zero-order valence-electron chi connectivity index (χ0n) is 7.35. The van der Waals surface area contributed by atoms with Gasteiger partial charge in [0.1, 0.15) is 5.71 Å². The van der Waals surface area contributed by atoms with Gasteiger partial charge in [-0.2, -0.15) is 13.2 Å². The Labute approximate surface area is 83.8 Å². The fourth-order valence-corrected chi connectivity index (χ4v) is 1.40. The van der Waals surface area contributed by atoms with E-state index in [1.807, 2.05) is 0 Å². The highest BCUT2D eigenvalue weighted by Gasteiger charge is 2.35. The average molecular weight is 219 g/mol. The van der Waals surface area contributed by atoms with Crippen molar-refractivity contribution in [3.05, 3.63) is 29.8 Å². The first-order valence-electron chi connectivity index (χ1n) is 3.75. The van der Waals surface area contributed by atoms with E-state index in [-0.39, 0.29) is 5.56 Å². The summed E-state index contributed by atoms with van der Waals surface area (Å²) in [7, 11) is 0. The van der Waals surface area contributed by atoms with E-state index in [4.69, 9.17) is 5.41 Å². The van der Waals surface area contributed by atoms with Crippen molar-refractivity contribution in [3.8, 4) is 0 Å². The van der Waals surface area contributed by atoms with E-state index in [0.29, 0.717) is 0 Å². The molecule has 0 fully saturated rings. The summed E-state index contributed by atoms with van der Waals surface area (Å²) in [5.41, 5.74) is -1.39. The maximum atomic E-state index is 12.1. The lowest BCUT2D eigenvalue weighted by Crippen LogP contribution is -2.22. The minimum Gasteiger partial charge on any atom is -0.296 e. The van der Waals surface area contributed by atoms with Crippen molar-refractivity contribution in [2.45, 2.75) is 11.1 Å². The van der Waals surface area contributed by atoms with Gasteiger partial charge in [-0.3, -0.25) is 5.41 Å². The maximum Gasteiger partial charge on any atom is 0.433 e. The topological polar surface area (TPSA) is 23.9 Å². The van der Waals surface area contributed by atoms with Crippen LogP contribution in [0.5, 0.6) is 0 Å². The lowest BCUT2D eigenvalue weighted by atomic mass is 10.1. The molecular weight excluding hydrogens is 211 g/mol. The van der Waals surface area contributed by atoms with E-state index >= 15 is 0 Å². The van der Waals surface area contributed by atoms with Crippen LogP contribution in [0.25, 0.3) is 0 Å². The third-order valence-corrected chi connectivity index (χ3v) is 2.37. The molecule has 0 aliphatic heterocycles. The molecule has 0 aliphatic rings. The zero-order chi connectivity index (χ0) is 10.8. The number of thioether (sulfide) groups is 1. The van der Waals surface area contributed by atoms with Gasteiger partial charge in [-0.25, -0.2) is 0 Å². The molecule has 1 aromatic carbocycles. The van der Waals surface area contributed by atoms with Crippen molar-refractivity contribution in [2.24, 2.45) is 0 Å². The van der Waals surface area contributed by atoms with E-state index in [0.717, 1.165) is 4.90 Å². The Bertz CT molecular complexity index is 346. The third kappa shape index (κ3) is 2.51. The summed E-state index contributed by atoms with van der Waals surface area (Å²) in [6.07, 6.45) is -2.80. The lowest BCUT2D eigenvalue weighted by molar-refractivity contribution is -0.0587. The van der Waals surface area contributed by atoms with Crippen LogP contribution in [0.1, 0.15) is 5.56 Å². The predicted octanol–water partition coefficient (Wildman–Crippen LogP) is 3.34. The van der Waals surface area contributed by atoms with Crippen LogP contribution in [-0.4, -0.2) is 18.1 Å². The van der Waals surface area contributed by atoms with Crippen LogP contribution in [0.4, 0.5) is 13.2 Å². The molecule has 0 saturated heterocycles. The standard InChI is InChI=1S/C9H8F3NS/c1-14-7-4-2-3-6(5-7)8(13)9(10,11)12/h2-5,13H,1H3. The maximum absolute atomic E-state index is 12.1. The number of halogens is 3. The molecule has 0 radical (unpaired) electrons. The highest BCUT2D eigenvalue weighted by Crippen LogP contribution is 2.23. The monoisotopic (exact) mass is 219 g/mol. The van der Waals surface area contributed by atoms with Crippen LogP contribution in [0.15, 0.2) is 29.2 Å². The van der Waals surface area contributed by atoms with Gasteiger partial charge in [0.25, 0.3) is 0 Å². The summed E-state index contributed by atoms with van der Waals surface area (Å²) in [4.78, 5) is 0.719. The molecule has 0 aromatic heterocycles. The van der Waals surface area contributed by atoms with Crippen LogP contribution in [0.2, 0.25) is 0 Å². The van der Waals surface area contributed by atoms with Gasteiger partial charge >= 0.3 is 6.18 Å². The molecule has 0 amide bonds. The highest BCUT2D eigenvalue weighted by molar-refractivity contribution is 7.98. The summed E-state index contributed by atoms with van der Waals surface area (Å²) >= 11 is 1.35. The van der Waals surface area contributed by atoms with Crippen LogP contribution >= 0.6 is 11.8 Å². The van der Waals surface area contributed by atoms with E-state index in [2.05, 4.69) is 0 Å². The van der Waals surface area contributed by atoms with Gasteiger partial charge in [0, 0.05) is 10.5 Å². The Kier molecular flexibility index (Phi) is 3.21. The Morgan fingerprint density at radius 3 is 2.50 bits per heavy atom. The van der Waals surface area contributed by atoms with Gasteiger partial charge in [-0.05, 0) is 18.4 Å². The van der Waals surface area contributed by atoms with Crippen molar-refractivity contribution < 1.29 is 13.2 Å². The van der Waals surface area contributed by atoms with E-state index in [1.54, 1.807) is 12.3 Å². The Morgan fingerprint density at radius 2 is 2.00 bits per heavy atom. The fraction of sp³-hybridized carbons (Fsp3) is 0.222. The van der Waals surface area contributed by atoms with E-state index < -0.39 is 11.9 Å². The highest BCUT2D eigenvalue weighted by atomic mass is 32.2. The Morgan fingerprint density at radius 1 is 1.36 bits per heavy atom. The van der Waals surface area contributed by atoms with Crippen LogP contribution in [-0.2, 0) is 0 Å². The predicted molar refractivity (Wildman–Crippen MR) is 51.1 cm³/mol. The van der Waals surface area contributed by atoms with Gasteiger partial charge < -0.3 is 0 Å². The van der Waals surface area contributed by atoms with Crippen LogP contribution in [0.3, 0.4) is 0 Å². The van der Waals surface area contributed by atoms with E-state index in [1.165, 1.54) is 30.0 Å². The normalized spacial score (nSPS) is 11.4. The molecule has 1 nitrogen and oxygen atoms in total. The number of hydrogen-bond acceptors (Lipinski definition) is 2. The Balaban J connectivity index is 3.02. The summed E-state index contributed by atoms with van der Waals surface area (Å²) in [6, 6.07) is 5.87. The molecule has 0 spiro atoms. The van der Waals surface area contributed by atoms with Crippen molar-refractivity contribution in [3.63, 3.8) is 0 Å². The number of nitrogens with one attached hydrogen (secondary N) is 1. The number of hydrogen-bond donors (Lipinski definition) is 1. The SMILES string of the molecule is CSc1cccc(C(=N)C(F)(F)F)c1. The molecule has 0 saturated carbocycles. The summed E-state index contributed by atoms with van der Waals surface area (Å²) in [6.45, 7) is 0. The second kappa shape index (κ2) is 4.04. The zero-order valence-corrected chi connectivity index (χ0v) is 8.17. The second-order valence-electron chi connectivity index (χ2n) is 2.60. The first-order chi connectivity index (χ1) is 6.45. The fourth-order valence-electron chi connectivity index (χ4n) is 0.942. The number of alkyl halides is 3. The van der Waals surface area contributed by atoms with Gasteiger partial charge in [0.2, 0.25) is 0 Å². The minimum absolute atomic E-state index is 0.0932. The van der Waals surface area contributed by atoms with Gasteiger partial charge in [0.15, 0.2) is 0 Å². The molecule has 0 bridgehead atoms. The summed E-state index contributed by atoms with van der Waals surface area (Å²) < 4.78 is 36.4. The van der Waals surface area contributed by atoms with Crippen LogP contribution in [0, 0.1) is 5.41 Å². The third-order valence-electron chi connectivity index (χ3n) is 1.64. The van der Waals surface area contributed by atoms with Crippen LogP contribution < -0.4 is 0 Å². The quantitative estimate of drug-likeness (QED) is 0.598. The molecule has 76 valence electrons. The lowest BCUT2D eigenvalue weighted by Gasteiger charge is -2.08. The van der Waals surface area contributed by atoms with Crippen molar-refractivity contribution in [1.29, 1.82) is 5.41 Å². The first kappa shape index (κ1) is 11.1. The van der Waals surface area contributed by atoms with Gasteiger partial charge in [-0.15, -0.1) is 11.8 Å². The smallest absolute Gasteiger partial charge is 0.296 e. The van der Waals surface area contributed by atoms with Crippen molar-refractivity contribution >= 4 is 17.5 Å². The molecule has 1 N–H and O–H groups in total. The molecular formula is C9H8F3NS. The summed E-state index contributed by atoms with van der Waals surface area (Å²) in [5.74, 6) is 0. The molecule has 0 heterocycles. The number of rotatable bonds is 2. The molecule has 1 aromatic rings. The minimum atomic E-state index is -4.57. The second-order valence-corrected chi connectivity index (χ2v) is 3.48. The largest absolute Gasteiger partial charge is 0.433 e. The average Bonchev–Trinajstić information content (AvgIpc) is 2.15. The van der Waals surface area contributed by atoms with Gasteiger partial charge in [-0.1, -0.05) is 12.1 Å². The molecule has 0 aliphatic carbocycles. The summed E-state index contributed by atoms with van der Waals surface area (Å²) in [5, 5.41) is 6.92. The Hall–Kier alpha value is -0.970. The van der Waals surface area contributed by atoms with Crippen molar-refractivity contribution in [1.82, 2.24) is 0 Å². The van der Waals surface area contributed by atoms with Crippen molar-refractivity contribution in [2.75, 3.05) is 6.26 Å². The van der Waals surface area contributed by atoms with E-state index in [9.17, 15) is 13.2 Å². The number of benzene rings is 1.